The zero-order valence-corrected chi connectivity index (χ0v) is 8.17. The zero-order valence-electron chi connectivity index (χ0n) is 8.17. The highest BCUT2D eigenvalue weighted by atomic mass is 16.5. The summed E-state index contributed by atoms with van der Waals surface area (Å²) < 4.78 is 5.02. The van der Waals surface area contributed by atoms with Gasteiger partial charge in [-0.1, -0.05) is 32.9 Å². The van der Waals surface area contributed by atoms with Crippen LogP contribution in [-0.4, -0.2) is 12.1 Å². The molecule has 0 bridgehead atoms. The van der Waals surface area contributed by atoms with Crippen LogP contribution in [0.4, 0.5) is 0 Å². The standard InChI is InChI=1S/C10H18O2/c1-5-8(3)7-10(6-2)12-9(4)11/h6,8,10H,2,5,7H2,1,3-4H3. The molecule has 0 fully saturated rings. The smallest absolute Gasteiger partial charge is 0.303 e. The minimum absolute atomic E-state index is 0.113. The van der Waals surface area contributed by atoms with Crippen molar-refractivity contribution in [1.29, 1.82) is 0 Å². The van der Waals surface area contributed by atoms with E-state index >= 15 is 0 Å². The Morgan fingerprint density at radius 2 is 2.25 bits per heavy atom. The molecule has 0 rings (SSSR count). The van der Waals surface area contributed by atoms with E-state index in [1.807, 2.05) is 0 Å². The fourth-order valence-corrected chi connectivity index (χ4v) is 0.969. The van der Waals surface area contributed by atoms with E-state index in [1.165, 1.54) is 6.92 Å². The summed E-state index contributed by atoms with van der Waals surface area (Å²) in [6, 6.07) is 0. The minimum atomic E-state index is -0.233. The van der Waals surface area contributed by atoms with Crippen LogP contribution >= 0.6 is 0 Å². The normalized spacial score (nSPS) is 14.9. The molecule has 0 aliphatic heterocycles. The summed E-state index contributed by atoms with van der Waals surface area (Å²) in [6.45, 7) is 9.31. The molecular formula is C10H18O2. The van der Waals surface area contributed by atoms with Crippen LogP contribution in [0.3, 0.4) is 0 Å². The quantitative estimate of drug-likeness (QED) is 0.468. The first-order chi connectivity index (χ1) is 5.60. The summed E-state index contributed by atoms with van der Waals surface area (Å²) in [5.41, 5.74) is 0. The van der Waals surface area contributed by atoms with Gasteiger partial charge in [-0.25, -0.2) is 0 Å². The lowest BCUT2D eigenvalue weighted by Crippen LogP contribution is -2.16. The van der Waals surface area contributed by atoms with Crippen molar-refractivity contribution in [3.05, 3.63) is 12.7 Å². The van der Waals surface area contributed by atoms with E-state index in [1.54, 1.807) is 6.08 Å². The van der Waals surface area contributed by atoms with Crippen LogP contribution in [-0.2, 0) is 9.53 Å². The third-order valence-corrected chi connectivity index (χ3v) is 1.91. The Morgan fingerprint density at radius 3 is 2.58 bits per heavy atom. The Labute approximate surface area is 74.6 Å². The molecule has 0 N–H and O–H groups in total. The Morgan fingerprint density at radius 1 is 1.67 bits per heavy atom. The molecule has 0 saturated heterocycles. The Kier molecular flexibility index (Phi) is 5.43. The molecule has 0 spiro atoms. The molecule has 12 heavy (non-hydrogen) atoms. The van der Waals surface area contributed by atoms with Gasteiger partial charge in [0, 0.05) is 6.92 Å². The predicted molar refractivity (Wildman–Crippen MR) is 49.8 cm³/mol. The highest BCUT2D eigenvalue weighted by Crippen LogP contribution is 2.12. The summed E-state index contributed by atoms with van der Waals surface area (Å²) in [5.74, 6) is 0.343. The number of rotatable bonds is 5. The average molecular weight is 170 g/mol. The van der Waals surface area contributed by atoms with Crippen molar-refractivity contribution in [2.24, 2.45) is 5.92 Å². The van der Waals surface area contributed by atoms with Crippen molar-refractivity contribution in [3.8, 4) is 0 Å². The van der Waals surface area contributed by atoms with Crippen LogP contribution in [0.5, 0.6) is 0 Å². The van der Waals surface area contributed by atoms with Crippen molar-refractivity contribution >= 4 is 5.97 Å². The minimum Gasteiger partial charge on any atom is -0.458 e. The molecule has 2 nitrogen and oxygen atoms in total. The molecule has 0 aromatic carbocycles. The average Bonchev–Trinajstić information content (AvgIpc) is 2.02. The van der Waals surface area contributed by atoms with Crippen LogP contribution in [0.1, 0.15) is 33.6 Å². The molecule has 0 aliphatic carbocycles. The van der Waals surface area contributed by atoms with Crippen molar-refractivity contribution in [2.45, 2.75) is 39.7 Å². The molecule has 2 unspecified atom stereocenters. The molecular weight excluding hydrogens is 152 g/mol. The topological polar surface area (TPSA) is 26.3 Å². The lowest BCUT2D eigenvalue weighted by molar-refractivity contribution is -0.144. The number of hydrogen-bond donors (Lipinski definition) is 0. The van der Waals surface area contributed by atoms with Gasteiger partial charge in [-0.3, -0.25) is 4.79 Å². The SMILES string of the molecule is C=CC(CC(C)CC)OC(C)=O. The highest BCUT2D eigenvalue weighted by molar-refractivity contribution is 5.66. The lowest BCUT2D eigenvalue weighted by atomic mass is 10.0. The maximum absolute atomic E-state index is 10.6. The first kappa shape index (κ1) is 11.2. The van der Waals surface area contributed by atoms with Gasteiger partial charge in [-0.05, 0) is 12.3 Å². The van der Waals surface area contributed by atoms with Gasteiger partial charge in [0.25, 0.3) is 0 Å². The van der Waals surface area contributed by atoms with Gasteiger partial charge < -0.3 is 4.74 Å². The summed E-state index contributed by atoms with van der Waals surface area (Å²) in [5, 5.41) is 0. The second kappa shape index (κ2) is 5.81. The summed E-state index contributed by atoms with van der Waals surface area (Å²) in [4.78, 5) is 10.6. The Hall–Kier alpha value is -0.790. The summed E-state index contributed by atoms with van der Waals surface area (Å²) >= 11 is 0. The van der Waals surface area contributed by atoms with Gasteiger partial charge in [0.1, 0.15) is 6.10 Å². The molecule has 0 aromatic heterocycles. The number of ether oxygens (including phenoxy) is 1. The second-order valence-corrected chi connectivity index (χ2v) is 3.13. The number of carbonyl (C=O) groups is 1. The van der Waals surface area contributed by atoms with Crippen LogP contribution in [0, 0.1) is 5.92 Å². The van der Waals surface area contributed by atoms with Gasteiger partial charge in [0.2, 0.25) is 0 Å². The summed E-state index contributed by atoms with van der Waals surface area (Å²) in [6.07, 6.45) is 3.55. The van der Waals surface area contributed by atoms with E-state index in [2.05, 4.69) is 20.4 Å². The molecule has 2 heteroatoms. The van der Waals surface area contributed by atoms with Crippen LogP contribution in [0.15, 0.2) is 12.7 Å². The van der Waals surface area contributed by atoms with E-state index in [4.69, 9.17) is 4.74 Å². The number of esters is 1. The van der Waals surface area contributed by atoms with Crippen molar-refractivity contribution in [3.63, 3.8) is 0 Å². The lowest BCUT2D eigenvalue weighted by Gasteiger charge is -2.16. The van der Waals surface area contributed by atoms with Crippen molar-refractivity contribution < 1.29 is 9.53 Å². The molecule has 70 valence electrons. The highest BCUT2D eigenvalue weighted by Gasteiger charge is 2.10. The predicted octanol–water partition coefficient (Wildman–Crippen LogP) is 2.54. The third-order valence-electron chi connectivity index (χ3n) is 1.91. The van der Waals surface area contributed by atoms with Crippen LogP contribution in [0.2, 0.25) is 0 Å². The van der Waals surface area contributed by atoms with E-state index in [-0.39, 0.29) is 12.1 Å². The van der Waals surface area contributed by atoms with Gasteiger partial charge >= 0.3 is 5.97 Å². The van der Waals surface area contributed by atoms with Crippen LogP contribution in [0.25, 0.3) is 0 Å². The number of hydrogen-bond acceptors (Lipinski definition) is 2. The maximum atomic E-state index is 10.6. The first-order valence-electron chi connectivity index (χ1n) is 4.39. The first-order valence-corrected chi connectivity index (χ1v) is 4.39. The van der Waals surface area contributed by atoms with E-state index < -0.39 is 0 Å². The molecule has 2 atom stereocenters. The van der Waals surface area contributed by atoms with E-state index in [9.17, 15) is 4.79 Å². The van der Waals surface area contributed by atoms with Crippen molar-refractivity contribution in [2.75, 3.05) is 0 Å². The van der Waals surface area contributed by atoms with E-state index in [0.29, 0.717) is 5.92 Å². The van der Waals surface area contributed by atoms with Gasteiger partial charge in [-0.2, -0.15) is 0 Å². The molecule has 0 aromatic rings. The summed E-state index contributed by atoms with van der Waals surface area (Å²) in [7, 11) is 0. The zero-order chi connectivity index (χ0) is 9.56. The largest absolute Gasteiger partial charge is 0.458 e. The fourth-order valence-electron chi connectivity index (χ4n) is 0.969. The molecule has 0 saturated carbocycles. The molecule has 0 aliphatic rings. The van der Waals surface area contributed by atoms with Gasteiger partial charge in [-0.15, -0.1) is 0 Å². The maximum Gasteiger partial charge on any atom is 0.303 e. The molecule has 0 heterocycles. The Balaban J connectivity index is 3.82. The monoisotopic (exact) mass is 170 g/mol. The van der Waals surface area contributed by atoms with Gasteiger partial charge in [0.05, 0.1) is 0 Å². The van der Waals surface area contributed by atoms with Crippen LogP contribution < -0.4 is 0 Å². The van der Waals surface area contributed by atoms with Gasteiger partial charge in [0.15, 0.2) is 0 Å². The molecule has 0 radical (unpaired) electrons. The van der Waals surface area contributed by atoms with Crippen molar-refractivity contribution in [1.82, 2.24) is 0 Å². The second-order valence-electron chi connectivity index (χ2n) is 3.13. The van der Waals surface area contributed by atoms with E-state index in [0.717, 1.165) is 12.8 Å². The number of carbonyl (C=O) groups excluding carboxylic acids is 1. The third kappa shape index (κ3) is 4.94. The molecule has 0 amide bonds. The fraction of sp³-hybridized carbons (Fsp3) is 0.700. The Bertz CT molecular complexity index is 152.